The van der Waals surface area contributed by atoms with Gasteiger partial charge in [-0.3, -0.25) is 35.4 Å². The molecule has 10 heteroatoms. The zero-order valence-corrected chi connectivity index (χ0v) is 55.0. The van der Waals surface area contributed by atoms with Gasteiger partial charge >= 0.3 is 20.1 Å². The second kappa shape index (κ2) is 63.7. The molecule has 443 valence electrons. The van der Waals surface area contributed by atoms with Crippen LogP contribution in [-0.2, 0) is 40.2 Å². The Balaban J connectivity index is -0.000000877. The Morgan fingerprint density at radius 2 is 0.580 bits per heavy atom. The van der Waals surface area contributed by atoms with Crippen LogP contribution in [0.2, 0.25) is 0 Å². The molecule has 0 saturated heterocycles. The predicted molar refractivity (Wildman–Crippen MR) is 338 cm³/mol. The maximum Gasteiger partial charge on any atom is 3.00 e. The minimum Gasteiger partial charge on any atom is -0.393 e. The van der Waals surface area contributed by atoms with Crippen LogP contribution in [0.1, 0.15) is 212 Å². The van der Waals surface area contributed by atoms with E-state index in [0.717, 1.165) is 72.7 Å². The Kier molecular flexibility index (Phi) is 62.8. The van der Waals surface area contributed by atoms with E-state index in [0.29, 0.717) is 6.42 Å². The quantitative estimate of drug-likeness (QED) is 0.0407. The van der Waals surface area contributed by atoms with Crippen LogP contribution >= 0.6 is 0 Å². The Morgan fingerprint density at radius 3 is 0.753 bits per heavy atom. The first-order valence-corrected chi connectivity index (χ1v) is 29.0. The van der Waals surface area contributed by atoms with Crippen LogP contribution in [0.5, 0.6) is 0 Å². The smallest absolute Gasteiger partial charge is 0.393 e. The first-order valence-electron chi connectivity index (χ1n) is 29.0. The molecule has 1 radical (unpaired) electrons. The molecular formula is C71H97Ir2N6O2-2. The van der Waals surface area contributed by atoms with Crippen LogP contribution in [0.15, 0.2) is 152 Å². The average molecular weight is 1450 g/mol. The van der Waals surface area contributed by atoms with Gasteiger partial charge in [0.05, 0.1) is 17.9 Å². The van der Waals surface area contributed by atoms with Gasteiger partial charge in [0.2, 0.25) is 0 Å². The summed E-state index contributed by atoms with van der Waals surface area (Å²) in [5, 5.41) is 17.1. The van der Waals surface area contributed by atoms with Crippen molar-refractivity contribution >= 4 is 36.5 Å². The number of aliphatic hydroxyl groups is 2. The number of aliphatic hydroxyl groups excluding tert-OH is 2. The first kappa shape index (κ1) is 79.8. The van der Waals surface area contributed by atoms with Gasteiger partial charge < -0.3 is 35.1 Å². The summed E-state index contributed by atoms with van der Waals surface area (Å²) in [6.45, 7) is 16.4. The number of hydrogen-bond donors (Lipinski definition) is 2. The standard InChI is InChI=1S/C11H15N.5C11H14N.C5H12O2.2Ir/c6*1-2-3-4-5-8-11-9-6-7-10-12-11;1-4(6)3-5(2)7;;/h5-10H,2-4H2,1H3;5*6-10H,2-4H2,1H3;4-7H,3H2,1-2H3;;/q;5*-1;;;+3/b8-5+;;;;;;;;. The Labute approximate surface area is 519 Å². The van der Waals surface area contributed by atoms with Gasteiger partial charge in [0.15, 0.2) is 0 Å². The third-order valence-corrected chi connectivity index (χ3v) is 10.4. The maximum absolute atomic E-state index is 8.56. The van der Waals surface area contributed by atoms with Crippen LogP contribution in [0, 0.1) is 30.4 Å². The first-order chi connectivity index (χ1) is 38.7. The summed E-state index contributed by atoms with van der Waals surface area (Å²) in [6, 6.07) is 35.4. The normalized spacial score (nSPS) is 11.2. The van der Waals surface area contributed by atoms with Gasteiger partial charge in [-0.05, 0) is 75.2 Å². The summed E-state index contributed by atoms with van der Waals surface area (Å²) in [7, 11) is 0. The van der Waals surface area contributed by atoms with E-state index in [4.69, 9.17) is 10.2 Å². The second-order valence-corrected chi connectivity index (χ2v) is 18.3. The largest absolute Gasteiger partial charge is 3.00 e. The van der Waals surface area contributed by atoms with Crippen molar-refractivity contribution in [3.63, 3.8) is 0 Å². The Hall–Kier alpha value is -5.44. The van der Waals surface area contributed by atoms with Gasteiger partial charge in [0.25, 0.3) is 0 Å². The Bertz CT molecular complexity index is 1910. The van der Waals surface area contributed by atoms with E-state index in [1.54, 1.807) is 44.8 Å². The summed E-state index contributed by atoms with van der Waals surface area (Å²) in [5.74, 6) is 0. The van der Waals surface area contributed by atoms with E-state index < -0.39 is 0 Å². The van der Waals surface area contributed by atoms with Crippen molar-refractivity contribution in [3.05, 3.63) is 217 Å². The fourth-order valence-corrected chi connectivity index (χ4v) is 6.08. The SMILES string of the molecule is CC(O)CC(C)O.CCCC/C=C/c1ccccn1.CCCC[C-]=Cc1ccccn1.CCCC[C-]=Cc1ccccn1.CCCC[C-]=Cc1ccccn1.CCCC[C-]=Cc1ccccn1.CCCC[C-]=Cc1ccccn1.[Ir+3].[Ir]. The molecule has 81 heavy (non-hydrogen) atoms. The number of nitrogens with zero attached hydrogens (tertiary/aromatic N) is 6. The minimum absolute atomic E-state index is 0. The zero-order chi connectivity index (χ0) is 57.8. The van der Waals surface area contributed by atoms with Gasteiger partial charge in [-0.25, -0.2) is 30.4 Å². The van der Waals surface area contributed by atoms with E-state index in [9.17, 15) is 0 Å². The summed E-state index contributed by atoms with van der Waals surface area (Å²) in [6.07, 6.45) is 61.7. The fraction of sp³-hybridized carbons (Fsp3) is 0.408. The molecule has 0 aromatic carbocycles. The van der Waals surface area contributed by atoms with E-state index in [1.165, 1.54) is 77.0 Å². The topological polar surface area (TPSA) is 118 Å². The summed E-state index contributed by atoms with van der Waals surface area (Å²) in [4.78, 5) is 25.0. The van der Waals surface area contributed by atoms with E-state index >= 15 is 0 Å². The van der Waals surface area contributed by atoms with Crippen LogP contribution in [-0.4, -0.2) is 52.3 Å². The van der Waals surface area contributed by atoms with E-state index in [2.05, 4.69) is 114 Å². The van der Waals surface area contributed by atoms with E-state index in [1.807, 2.05) is 146 Å². The molecule has 2 unspecified atom stereocenters. The third-order valence-electron chi connectivity index (χ3n) is 10.4. The molecular weight excluding hydrogens is 1350 g/mol. The number of pyridine rings is 6. The van der Waals surface area contributed by atoms with Gasteiger partial charge in [-0.1, -0.05) is 190 Å². The molecule has 6 heterocycles. The monoisotopic (exact) mass is 1450 g/mol. The zero-order valence-electron chi connectivity index (χ0n) is 50.2. The van der Waals surface area contributed by atoms with Crippen LogP contribution in [0.4, 0.5) is 0 Å². The van der Waals surface area contributed by atoms with Gasteiger partial charge in [0, 0.05) is 57.3 Å². The van der Waals surface area contributed by atoms with Crippen LogP contribution in [0.25, 0.3) is 36.5 Å². The van der Waals surface area contributed by atoms with Crippen molar-refractivity contribution in [2.75, 3.05) is 0 Å². The molecule has 0 fully saturated rings. The van der Waals surface area contributed by atoms with Gasteiger partial charge in [0.1, 0.15) is 0 Å². The van der Waals surface area contributed by atoms with Crippen LogP contribution in [0.3, 0.4) is 0 Å². The van der Waals surface area contributed by atoms with Crippen molar-refractivity contribution in [3.8, 4) is 0 Å². The molecule has 6 aromatic heterocycles. The van der Waals surface area contributed by atoms with Crippen molar-refractivity contribution in [1.82, 2.24) is 29.9 Å². The summed E-state index contributed by atoms with van der Waals surface area (Å²) in [5.41, 5.74) is 6.02. The van der Waals surface area contributed by atoms with Crippen molar-refractivity contribution < 1.29 is 50.4 Å². The molecule has 0 bridgehead atoms. The number of aromatic nitrogens is 6. The summed E-state index contributed by atoms with van der Waals surface area (Å²) < 4.78 is 0. The Morgan fingerprint density at radius 1 is 0.358 bits per heavy atom. The van der Waals surface area contributed by atoms with Crippen molar-refractivity contribution in [2.24, 2.45) is 0 Å². The van der Waals surface area contributed by atoms with Crippen molar-refractivity contribution in [1.29, 1.82) is 0 Å². The van der Waals surface area contributed by atoms with Crippen LogP contribution < -0.4 is 0 Å². The minimum atomic E-state index is -0.375. The molecule has 0 spiro atoms. The fourth-order valence-electron chi connectivity index (χ4n) is 6.08. The molecule has 6 rings (SSSR count). The molecule has 0 amide bonds. The van der Waals surface area contributed by atoms with E-state index in [-0.39, 0.29) is 52.4 Å². The van der Waals surface area contributed by atoms with Crippen molar-refractivity contribution in [2.45, 2.75) is 190 Å². The maximum atomic E-state index is 8.56. The molecule has 0 aliphatic heterocycles. The third kappa shape index (κ3) is 57.6. The number of allylic oxidation sites excluding steroid dienone is 6. The number of unbranched alkanes of at least 4 members (excludes halogenated alkanes) is 12. The number of rotatable bonds is 26. The predicted octanol–water partition coefficient (Wildman–Crippen LogP) is 18.9. The molecule has 6 aromatic rings. The molecule has 0 aliphatic rings. The molecule has 2 N–H and O–H groups in total. The average Bonchev–Trinajstić information content (AvgIpc) is 3.48. The molecule has 8 nitrogen and oxygen atoms in total. The molecule has 2 atom stereocenters. The number of hydrogen-bond acceptors (Lipinski definition) is 8. The second-order valence-electron chi connectivity index (χ2n) is 18.3. The molecule has 0 saturated carbocycles. The molecule has 0 aliphatic carbocycles. The van der Waals surface area contributed by atoms with Gasteiger partial charge in [-0.15, -0.1) is 62.4 Å². The summed E-state index contributed by atoms with van der Waals surface area (Å²) >= 11 is 0. The van der Waals surface area contributed by atoms with Gasteiger partial charge in [-0.2, -0.15) is 0 Å².